The van der Waals surface area contributed by atoms with Crippen LogP contribution < -0.4 is 5.32 Å². The lowest BCUT2D eigenvalue weighted by atomic mass is 10.00. The quantitative estimate of drug-likeness (QED) is 0.928. The van der Waals surface area contributed by atoms with Gasteiger partial charge in [-0.2, -0.15) is 0 Å². The summed E-state index contributed by atoms with van der Waals surface area (Å²) in [6, 6.07) is 8.67. The summed E-state index contributed by atoms with van der Waals surface area (Å²) in [5.74, 6) is 0.110. The number of amides is 2. The highest BCUT2D eigenvalue weighted by atomic mass is 16.2. The summed E-state index contributed by atoms with van der Waals surface area (Å²) in [6.45, 7) is 4.04. The van der Waals surface area contributed by atoms with Crippen LogP contribution in [0.25, 0.3) is 0 Å². The van der Waals surface area contributed by atoms with Crippen LogP contribution >= 0.6 is 0 Å². The zero-order chi connectivity index (χ0) is 17.6. The summed E-state index contributed by atoms with van der Waals surface area (Å²) in [5.41, 5.74) is 1.54. The molecular formula is C19H22N4O2. The van der Waals surface area contributed by atoms with E-state index in [-0.39, 0.29) is 17.5 Å². The Labute approximate surface area is 147 Å². The van der Waals surface area contributed by atoms with E-state index in [0.29, 0.717) is 18.2 Å². The predicted molar refractivity (Wildman–Crippen MR) is 93.9 cm³/mol. The van der Waals surface area contributed by atoms with Gasteiger partial charge >= 0.3 is 0 Å². The monoisotopic (exact) mass is 338 g/mol. The highest BCUT2D eigenvalue weighted by molar-refractivity contribution is 5.96. The summed E-state index contributed by atoms with van der Waals surface area (Å²) in [5, 5.41) is 2.81. The third-order valence-corrected chi connectivity index (χ3v) is 4.35. The number of hydrogen-bond donors (Lipinski definition) is 1. The zero-order valence-electron chi connectivity index (χ0n) is 14.3. The summed E-state index contributed by atoms with van der Waals surface area (Å²) in [7, 11) is 0. The van der Waals surface area contributed by atoms with Crippen molar-refractivity contribution in [1.29, 1.82) is 0 Å². The summed E-state index contributed by atoms with van der Waals surface area (Å²) < 4.78 is 0. The second kappa shape index (κ2) is 7.88. The van der Waals surface area contributed by atoms with Crippen LogP contribution in [0.3, 0.4) is 0 Å². The molecule has 1 atom stereocenters. The van der Waals surface area contributed by atoms with Crippen LogP contribution in [0.5, 0.6) is 0 Å². The van der Waals surface area contributed by atoms with E-state index in [1.54, 1.807) is 30.6 Å². The van der Waals surface area contributed by atoms with Crippen LogP contribution in [-0.2, 0) is 6.54 Å². The first-order valence-electron chi connectivity index (χ1n) is 8.57. The van der Waals surface area contributed by atoms with Crippen LogP contribution in [0.15, 0.2) is 42.7 Å². The Hall–Kier alpha value is -2.76. The summed E-state index contributed by atoms with van der Waals surface area (Å²) >= 11 is 0. The van der Waals surface area contributed by atoms with Crippen LogP contribution in [0.2, 0.25) is 0 Å². The third kappa shape index (κ3) is 4.41. The van der Waals surface area contributed by atoms with Gasteiger partial charge in [-0.25, -0.2) is 4.98 Å². The maximum Gasteiger partial charge on any atom is 0.272 e. The van der Waals surface area contributed by atoms with E-state index in [9.17, 15) is 9.59 Å². The molecule has 1 fully saturated rings. The molecule has 0 aliphatic carbocycles. The molecule has 1 unspecified atom stereocenters. The molecule has 1 N–H and O–H groups in total. The average Bonchev–Trinajstić information content (AvgIpc) is 2.66. The van der Waals surface area contributed by atoms with Gasteiger partial charge in [-0.05, 0) is 48.6 Å². The fourth-order valence-corrected chi connectivity index (χ4v) is 2.99. The lowest BCUT2D eigenvalue weighted by Gasteiger charge is -2.30. The predicted octanol–water partition coefficient (Wildman–Crippen LogP) is 2.28. The first kappa shape index (κ1) is 17.1. The number of pyridine rings is 2. The molecule has 0 aromatic carbocycles. The van der Waals surface area contributed by atoms with E-state index < -0.39 is 0 Å². The molecule has 0 bridgehead atoms. The topological polar surface area (TPSA) is 75.2 Å². The van der Waals surface area contributed by atoms with Gasteiger partial charge in [-0.3, -0.25) is 14.6 Å². The fraction of sp³-hybridized carbons (Fsp3) is 0.368. The number of nitrogens with one attached hydrogen (secondary N) is 1. The minimum absolute atomic E-state index is 0.102. The van der Waals surface area contributed by atoms with Gasteiger partial charge in [-0.15, -0.1) is 0 Å². The van der Waals surface area contributed by atoms with Gasteiger partial charge < -0.3 is 10.2 Å². The van der Waals surface area contributed by atoms with Crippen LogP contribution in [0.4, 0.5) is 0 Å². The molecule has 6 nitrogen and oxygen atoms in total. The summed E-state index contributed by atoms with van der Waals surface area (Å²) in [6.07, 6.45) is 5.52. The molecule has 1 saturated heterocycles. The van der Waals surface area contributed by atoms with Gasteiger partial charge in [-0.1, -0.05) is 13.0 Å². The van der Waals surface area contributed by atoms with E-state index >= 15 is 0 Å². The lowest BCUT2D eigenvalue weighted by Crippen LogP contribution is -2.39. The molecule has 1 aliphatic heterocycles. The molecule has 25 heavy (non-hydrogen) atoms. The Bertz CT molecular complexity index is 748. The Kier molecular flexibility index (Phi) is 5.38. The molecule has 1 aliphatic rings. The van der Waals surface area contributed by atoms with Gasteiger partial charge in [0, 0.05) is 32.0 Å². The number of nitrogens with zero attached hydrogens (tertiary/aromatic N) is 3. The van der Waals surface area contributed by atoms with Crippen molar-refractivity contribution in [1.82, 2.24) is 20.2 Å². The number of rotatable bonds is 4. The van der Waals surface area contributed by atoms with Crippen molar-refractivity contribution in [2.45, 2.75) is 26.3 Å². The second-order valence-electron chi connectivity index (χ2n) is 6.44. The molecular weight excluding hydrogens is 316 g/mol. The van der Waals surface area contributed by atoms with Crippen LogP contribution in [0.1, 0.15) is 46.3 Å². The Balaban J connectivity index is 1.66. The molecule has 6 heteroatoms. The molecule has 2 aromatic rings. The zero-order valence-corrected chi connectivity index (χ0v) is 14.3. The van der Waals surface area contributed by atoms with Crippen molar-refractivity contribution in [3.05, 3.63) is 59.7 Å². The highest BCUT2D eigenvalue weighted by Crippen LogP contribution is 2.17. The number of hydrogen-bond acceptors (Lipinski definition) is 4. The standard InChI is InChI=1S/C19H22N4O2/c1-14-4-3-11-23(13-14)19(25)17-6-2-5-16(22-17)18(24)21-12-15-7-9-20-10-8-15/h2,5-10,14H,3-4,11-13H2,1H3,(H,21,24). The Morgan fingerprint density at radius 3 is 2.72 bits per heavy atom. The molecule has 0 spiro atoms. The smallest absolute Gasteiger partial charge is 0.272 e. The number of piperidine rings is 1. The van der Waals surface area contributed by atoms with E-state index in [1.165, 1.54) is 0 Å². The number of carbonyl (C=O) groups excluding carboxylic acids is 2. The SMILES string of the molecule is CC1CCCN(C(=O)c2cccc(C(=O)NCc3ccncc3)n2)C1. The molecule has 2 amide bonds. The fourth-order valence-electron chi connectivity index (χ4n) is 2.99. The molecule has 3 heterocycles. The molecule has 3 rings (SSSR count). The first-order valence-corrected chi connectivity index (χ1v) is 8.57. The highest BCUT2D eigenvalue weighted by Gasteiger charge is 2.23. The van der Waals surface area contributed by atoms with E-state index in [4.69, 9.17) is 0 Å². The van der Waals surface area contributed by atoms with Crippen LogP contribution in [0, 0.1) is 5.92 Å². The molecule has 0 saturated carbocycles. The van der Waals surface area contributed by atoms with Gasteiger partial charge in [0.25, 0.3) is 11.8 Å². The van der Waals surface area contributed by atoms with Crippen molar-refractivity contribution in [3.63, 3.8) is 0 Å². The van der Waals surface area contributed by atoms with Gasteiger partial charge in [0.2, 0.25) is 0 Å². The summed E-state index contributed by atoms with van der Waals surface area (Å²) in [4.78, 5) is 35.0. The van der Waals surface area contributed by atoms with E-state index in [2.05, 4.69) is 22.2 Å². The normalized spacial score (nSPS) is 17.2. The Morgan fingerprint density at radius 2 is 1.96 bits per heavy atom. The van der Waals surface area contributed by atoms with Crippen molar-refractivity contribution < 1.29 is 9.59 Å². The van der Waals surface area contributed by atoms with Crippen molar-refractivity contribution in [2.75, 3.05) is 13.1 Å². The van der Waals surface area contributed by atoms with Crippen LogP contribution in [-0.4, -0.2) is 39.8 Å². The van der Waals surface area contributed by atoms with Crippen molar-refractivity contribution >= 4 is 11.8 Å². The number of likely N-dealkylation sites (tertiary alicyclic amines) is 1. The average molecular weight is 338 g/mol. The molecule has 2 aromatic heterocycles. The minimum atomic E-state index is -0.293. The third-order valence-electron chi connectivity index (χ3n) is 4.35. The van der Waals surface area contributed by atoms with E-state index in [0.717, 1.165) is 31.5 Å². The maximum atomic E-state index is 12.6. The number of aromatic nitrogens is 2. The second-order valence-corrected chi connectivity index (χ2v) is 6.44. The lowest BCUT2D eigenvalue weighted by molar-refractivity contribution is 0.0677. The maximum absolute atomic E-state index is 12.6. The minimum Gasteiger partial charge on any atom is -0.347 e. The Morgan fingerprint density at radius 1 is 1.20 bits per heavy atom. The molecule has 130 valence electrons. The van der Waals surface area contributed by atoms with Gasteiger partial charge in [0.15, 0.2) is 0 Å². The molecule has 0 radical (unpaired) electrons. The first-order chi connectivity index (χ1) is 12.1. The van der Waals surface area contributed by atoms with Gasteiger partial charge in [0.05, 0.1) is 0 Å². The number of carbonyl (C=O) groups is 2. The van der Waals surface area contributed by atoms with Crippen molar-refractivity contribution in [2.24, 2.45) is 5.92 Å². The van der Waals surface area contributed by atoms with E-state index in [1.807, 2.05) is 17.0 Å². The van der Waals surface area contributed by atoms with Gasteiger partial charge in [0.1, 0.15) is 11.4 Å². The largest absolute Gasteiger partial charge is 0.347 e. The van der Waals surface area contributed by atoms with Crippen molar-refractivity contribution in [3.8, 4) is 0 Å².